The van der Waals surface area contributed by atoms with E-state index in [1.54, 1.807) is 6.07 Å². The summed E-state index contributed by atoms with van der Waals surface area (Å²) in [5.74, 6) is 0.163. The predicted octanol–water partition coefficient (Wildman–Crippen LogP) is 3.04. The maximum atomic E-state index is 12.7. The third kappa shape index (κ3) is 2.78. The van der Waals surface area contributed by atoms with Gasteiger partial charge >= 0.3 is 0 Å². The summed E-state index contributed by atoms with van der Waals surface area (Å²) in [5, 5.41) is 0. The fourth-order valence-corrected chi connectivity index (χ4v) is 2.05. The molecule has 0 spiro atoms. The molecule has 1 nitrogen and oxygen atoms in total. The Labute approximate surface area is 86.3 Å². The van der Waals surface area contributed by atoms with Crippen molar-refractivity contribution < 1.29 is 4.39 Å². The molecule has 1 rings (SSSR count). The lowest BCUT2D eigenvalue weighted by molar-refractivity contribution is 0.622. The van der Waals surface area contributed by atoms with Crippen molar-refractivity contribution in [2.45, 2.75) is 19.3 Å². The molecular formula is C10H13BrFN. The summed E-state index contributed by atoms with van der Waals surface area (Å²) in [7, 11) is 0. The van der Waals surface area contributed by atoms with E-state index in [0.29, 0.717) is 12.5 Å². The molecule has 1 atom stereocenters. The van der Waals surface area contributed by atoms with E-state index in [1.165, 1.54) is 12.1 Å². The summed E-state index contributed by atoms with van der Waals surface area (Å²) in [6.07, 6.45) is 0.921. The molecule has 0 amide bonds. The van der Waals surface area contributed by atoms with E-state index in [4.69, 9.17) is 5.73 Å². The molecule has 0 saturated carbocycles. The minimum atomic E-state index is -0.212. The van der Waals surface area contributed by atoms with E-state index in [-0.39, 0.29) is 5.82 Å². The number of rotatable bonds is 3. The Balaban J connectivity index is 2.88. The second-order valence-electron chi connectivity index (χ2n) is 3.14. The van der Waals surface area contributed by atoms with Crippen molar-refractivity contribution in [2.24, 2.45) is 5.73 Å². The lowest BCUT2D eigenvalue weighted by Gasteiger charge is -2.12. The van der Waals surface area contributed by atoms with E-state index in [2.05, 4.69) is 22.9 Å². The number of nitrogens with two attached hydrogens (primary N) is 1. The normalized spacial score (nSPS) is 12.9. The minimum absolute atomic E-state index is 0.212. The van der Waals surface area contributed by atoms with Gasteiger partial charge in [-0.15, -0.1) is 0 Å². The molecule has 0 aliphatic rings. The number of benzene rings is 1. The molecule has 0 heterocycles. The highest BCUT2D eigenvalue weighted by molar-refractivity contribution is 9.10. The van der Waals surface area contributed by atoms with Crippen LogP contribution in [0.3, 0.4) is 0 Å². The standard InChI is InChI=1S/C10H13BrFN/c1-7(4-5-13)9-3-2-8(12)6-10(9)11/h2-3,6-7H,4-5,13H2,1H3. The van der Waals surface area contributed by atoms with Crippen LogP contribution in [0, 0.1) is 5.82 Å². The molecule has 0 fully saturated rings. The van der Waals surface area contributed by atoms with Crippen LogP contribution >= 0.6 is 15.9 Å². The Morgan fingerprint density at radius 3 is 2.77 bits per heavy atom. The minimum Gasteiger partial charge on any atom is -0.330 e. The zero-order valence-electron chi connectivity index (χ0n) is 7.56. The SMILES string of the molecule is CC(CCN)c1ccc(F)cc1Br. The molecule has 3 heteroatoms. The quantitative estimate of drug-likeness (QED) is 0.871. The van der Waals surface area contributed by atoms with Gasteiger partial charge in [-0.1, -0.05) is 28.9 Å². The van der Waals surface area contributed by atoms with Crippen molar-refractivity contribution in [3.8, 4) is 0 Å². The third-order valence-corrected chi connectivity index (χ3v) is 2.78. The first-order valence-corrected chi connectivity index (χ1v) is 5.09. The highest BCUT2D eigenvalue weighted by atomic mass is 79.9. The molecule has 1 unspecified atom stereocenters. The first-order valence-electron chi connectivity index (χ1n) is 4.30. The van der Waals surface area contributed by atoms with Crippen molar-refractivity contribution in [1.82, 2.24) is 0 Å². The Morgan fingerprint density at radius 1 is 1.54 bits per heavy atom. The number of hydrogen-bond acceptors (Lipinski definition) is 1. The van der Waals surface area contributed by atoms with E-state index in [1.807, 2.05) is 0 Å². The Bertz CT molecular complexity index is 288. The van der Waals surface area contributed by atoms with Crippen molar-refractivity contribution in [2.75, 3.05) is 6.54 Å². The first kappa shape index (κ1) is 10.7. The molecule has 1 aromatic rings. The van der Waals surface area contributed by atoms with Gasteiger partial charge in [0, 0.05) is 4.47 Å². The zero-order valence-corrected chi connectivity index (χ0v) is 9.14. The number of halogens is 2. The third-order valence-electron chi connectivity index (χ3n) is 2.09. The molecule has 0 aliphatic heterocycles. The summed E-state index contributed by atoms with van der Waals surface area (Å²) in [6, 6.07) is 4.77. The monoisotopic (exact) mass is 245 g/mol. The molecule has 0 bridgehead atoms. The molecular weight excluding hydrogens is 233 g/mol. The van der Waals surface area contributed by atoms with E-state index >= 15 is 0 Å². The van der Waals surface area contributed by atoms with Crippen molar-refractivity contribution in [3.63, 3.8) is 0 Å². The predicted molar refractivity (Wildman–Crippen MR) is 56.2 cm³/mol. The molecule has 0 saturated heterocycles. The fraction of sp³-hybridized carbons (Fsp3) is 0.400. The maximum absolute atomic E-state index is 12.7. The average Bonchev–Trinajstić information content (AvgIpc) is 2.04. The first-order chi connectivity index (χ1) is 6.15. The van der Waals surface area contributed by atoms with E-state index in [0.717, 1.165) is 16.5 Å². The molecule has 0 radical (unpaired) electrons. The maximum Gasteiger partial charge on any atom is 0.124 e. The second kappa shape index (κ2) is 4.72. The molecule has 2 N–H and O–H groups in total. The zero-order chi connectivity index (χ0) is 9.84. The van der Waals surface area contributed by atoms with Gasteiger partial charge in [-0.2, -0.15) is 0 Å². The van der Waals surface area contributed by atoms with Gasteiger partial charge in [0.2, 0.25) is 0 Å². The van der Waals surface area contributed by atoms with Crippen LogP contribution in [-0.2, 0) is 0 Å². The Kier molecular flexibility index (Phi) is 3.88. The molecule has 0 aromatic heterocycles. The lowest BCUT2D eigenvalue weighted by Crippen LogP contribution is -2.05. The average molecular weight is 246 g/mol. The van der Waals surface area contributed by atoms with Crippen LogP contribution in [0.2, 0.25) is 0 Å². The van der Waals surface area contributed by atoms with Crippen LogP contribution in [0.15, 0.2) is 22.7 Å². The van der Waals surface area contributed by atoms with Gasteiger partial charge in [-0.25, -0.2) is 4.39 Å². The van der Waals surface area contributed by atoms with Gasteiger partial charge < -0.3 is 5.73 Å². The Morgan fingerprint density at radius 2 is 2.23 bits per heavy atom. The van der Waals surface area contributed by atoms with E-state index < -0.39 is 0 Å². The summed E-state index contributed by atoms with van der Waals surface area (Å²) in [6.45, 7) is 2.75. The van der Waals surface area contributed by atoms with Gasteiger partial charge in [-0.05, 0) is 36.6 Å². The Hall–Kier alpha value is -0.410. The van der Waals surface area contributed by atoms with Gasteiger partial charge in [0.05, 0.1) is 0 Å². The largest absolute Gasteiger partial charge is 0.330 e. The number of hydrogen-bond donors (Lipinski definition) is 1. The molecule has 72 valence electrons. The summed E-state index contributed by atoms with van der Waals surface area (Å²) >= 11 is 3.34. The van der Waals surface area contributed by atoms with Gasteiger partial charge in [0.1, 0.15) is 5.82 Å². The van der Waals surface area contributed by atoms with Gasteiger partial charge in [0.25, 0.3) is 0 Å². The summed E-state index contributed by atoms with van der Waals surface area (Å²) in [4.78, 5) is 0. The highest BCUT2D eigenvalue weighted by Crippen LogP contribution is 2.27. The van der Waals surface area contributed by atoms with Crippen LogP contribution in [0.25, 0.3) is 0 Å². The van der Waals surface area contributed by atoms with Crippen molar-refractivity contribution in [1.29, 1.82) is 0 Å². The molecule has 1 aromatic carbocycles. The van der Waals surface area contributed by atoms with Gasteiger partial charge in [0.15, 0.2) is 0 Å². The molecule has 13 heavy (non-hydrogen) atoms. The van der Waals surface area contributed by atoms with Crippen LogP contribution in [0.1, 0.15) is 24.8 Å². The topological polar surface area (TPSA) is 26.0 Å². The summed E-state index contributed by atoms with van der Waals surface area (Å²) in [5.41, 5.74) is 6.57. The highest BCUT2D eigenvalue weighted by Gasteiger charge is 2.08. The van der Waals surface area contributed by atoms with Crippen LogP contribution in [-0.4, -0.2) is 6.54 Å². The van der Waals surface area contributed by atoms with Crippen LogP contribution in [0.4, 0.5) is 4.39 Å². The smallest absolute Gasteiger partial charge is 0.124 e. The molecule has 0 aliphatic carbocycles. The second-order valence-corrected chi connectivity index (χ2v) is 4.00. The van der Waals surface area contributed by atoms with Crippen molar-refractivity contribution >= 4 is 15.9 Å². The van der Waals surface area contributed by atoms with E-state index in [9.17, 15) is 4.39 Å². The lowest BCUT2D eigenvalue weighted by atomic mass is 9.98. The van der Waals surface area contributed by atoms with Crippen molar-refractivity contribution in [3.05, 3.63) is 34.1 Å². The van der Waals surface area contributed by atoms with Crippen LogP contribution in [0.5, 0.6) is 0 Å². The van der Waals surface area contributed by atoms with Crippen LogP contribution < -0.4 is 5.73 Å². The fourth-order valence-electron chi connectivity index (χ4n) is 1.31. The summed E-state index contributed by atoms with van der Waals surface area (Å²) < 4.78 is 13.6. The van der Waals surface area contributed by atoms with Gasteiger partial charge in [-0.3, -0.25) is 0 Å².